The van der Waals surface area contributed by atoms with Crippen molar-refractivity contribution in [2.45, 2.75) is 47.7 Å². The number of ketones is 1. The Hall–Kier alpha value is -2.78. The number of allylic oxidation sites excluding steroid dienone is 1. The van der Waals surface area contributed by atoms with Crippen LogP contribution in [0.25, 0.3) is 0 Å². The summed E-state index contributed by atoms with van der Waals surface area (Å²) in [6.07, 6.45) is 2.91. The molecule has 3 aromatic carbocycles. The summed E-state index contributed by atoms with van der Waals surface area (Å²) >= 11 is 1.76. The second-order valence-corrected chi connectivity index (χ2v) is 10.4. The van der Waals surface area contributed by atoms with E-state index in [1.807, 2.05) is 18.2 Å². The van der Waals surface area contributed by atoms with E-state index in [1.54, 1.807) is 11.8 Å². The number of carbonyl (C=O) groups excluding carboxylic acids is 1. The first kappa shape index (κ1) is 19.9. The number of hydrogen-bond donors (Lipinski definition) is 1. The van der Waals surface area contributed by atoms with E-state index in [2.05, 4.69) is 60.7 Å². The van der Waals surface area contributed by atoms with E-state index >= 15 is 0 Å². The van der Waals surface area contributed by atoms with Crippen molar-refractivity contribution in [2.75, 3.05) is 0 Å². The van der Waals surface area contributed by atoms with Crippen molar-refractivity contribution in [1.82, 2.24) is 0 Å². The topological polar surface area (TPSA) is 37.3 Å². The van der Waals surface area contributed by atoms with E-state index < -0.39 is 0 Å². The lowest BCUT2D eigenvalue weighted by atomic mass is 9.57. The highest BCUT2D eigenvalue weighted by molar-refractivity contribution is 8.00. The van der Waals surface area contributed by atoms with E-state index in [1.165, 1.54) is 22.3 Å². The Morgan fingerprint density at radius 1 is 0.781 bits per heavy atom. The van der Waals surface area contributed by atoms with Crippen LogP contribution < -0.4 is 0 Å². The molecule has 0 aliphatic heterocycles. The molecule has 3 heteroatoms. The quantitative estimate of drug-likeness (QED) is 0.445. The van der Waals surface area contributed by atoms with Gasteiger partial charge in [0.2, 0.25) is 0 Å². The average molecular weight is 439 g/mol. The molecule has 0 heterocycles. The van der Waals surface area contributed by atoms with Crippen LogP contribution in [-0.2, 0) is 4.79 Å². The van der Waals surface area contributed by atoms with Crippen LogP contribution >= 0.6 is 11.8 Å². The van der Waals surface area contributed by atoms with E-state index in [9.17, 15) is 9.90 Å². The van der Waals surface area contributed by atoms with Crippen LogP contribution in [-0.4, -0.2) is 16.1 Å². The molecule has 32 heavy (non-hydrogen) atoms. The van der Waals surface area contributed by atoms with Gasteiger partial charge in [0.25, 0.3) is 0 Å². The minimum atomic E-state index is -0.0561. The second-order valence-electron chi connectivity index (χ2n) is 9.18. The van der Waals surface area contributed by atoms with Crippen molar-refractivity contribution in [3.8, 4) is 0 Å². The normalized spacial score (nSPS) is 24.8. The van der Waals surface area contributed by atoms with E-state index in [-0.39, 0.29) is 22.9 Å². The van der Waals surface area contributed by atoms with Crippen LogP contribution in [0, 0.1) is 5.92 Å². The number of hydrogen-bond acceptors (Lipinski definition) is 3. The van der Waals surface area contributed by atoms with Gasteiger partial charge in [-0.15, -0.1) is 11.8 Å². The lowest BCUT2D eigenvalue weighted by molar-refractivity contribution is -0.116. The summed E-state index contributed by atoms with van der Waals surface area (Å²) in [5, 5.41) is 10.9. The first-order chi connectivity index (χ1) is 15.7. The van der Waals surface area contributed by atoms with Crippen molar-refractivity contribution in [1.29, 1.82) is 0 Å². The van der Waals surface area contributed by atoms with Gasteiger partial charge in [-0.1, -0.05) is 66.7 Å². The maximum absolute atomic E-state index is 13.1. The maximum atomic E-state index is 13.1. The summed E-state index contributed by atoms with van der Waals surface area (Å²) in [4.78, 5) is 14.3. The monoisotopic (exact) mass is 438 g/mol. The number of rotatable bonds is 4. The highest BCUT2D eigenvalue weighted by Crippen LogP contribution is 2.59. The van der Waals surface area contributed by atoms with Crippen LogP contribution in [0.3, 0.4) is 0 Å². The zero-order valence-electron chi connectivity index (χ0n) is 17.9. The van der Waals surface area contributed by atoms with E-state index in [4.69, 9.17) is 0 Å². The Morgan fingerprint density at radius 2 is 1.38 bits per heavy atom. The zero-order chi connectivity index (χ0) is 21.7. The molecule has 0 spiro atoms. The number of aliphatic hydroxyl groups excluding tert-OH is 1. The van der Waals surface area contributed by atoms with Gasteiger partial charge in [-0.3, -0.25) is 4.79 Å². The van der Waals surface area contributed by atoms with E-state index in [0.29, 0.717) is 30.1 Å². The van der Waals surface area contributed by atoms with Gasteiger partial charge in [0, 0.05) is 40.4 Å². The molecule has 0 aromatic heterocycles. The van der Waals surface area contributed by atoms with E-state index in [0.717, 1.165) is 17.7 Å². The van der Waals surface area contributed by atoms with Gasteiger partial charge < -0.3 is 5.11 Å². The number of aliphatic hydroxyl groups is 1. The lowest BCUT2D eigenvalue weighted by Gasteiger charge is -2.48. The van der Waals surface area contributed by atoms with Crippen molar-refractivity contribution < 1.29 is 9.90 Å². The molecule has 4 aliphatic carbocycles. The van der Waals surface area contributed by atoms with Crippen LogP contribution in [0.1, 0.15) is 59.8 Å². The third-order valence-corrected chi connectivity index (χ3v) is 8.84. The van der Waals surface area contributed by atoms with Crippen LogP contribution in [0.5, 0.6) is 0 Å². The van der Waals surface area contributed by atoms with Gasteiger partial charge in [-0.25, -0.2) is 0 Å². The lowest BCUT2D eigenvalue weighted by Crippen LogP contribution is -2.39. The Bertz CT molecular complexity index is 1170. The molecule has 7 rings (SSSR count). The Labute approximate surface area is 193 Å². The molecule has 4 aliphatic rings. The van der Waals surface area contributed by atoms with Gasteiger partial charge in [0.1, 0.15) is 5.76 Å². The summed E-state index contributed by atoms with van der Waals surface area (Å²) in [5.74, 6) is 1.29. The smallest absolute Gasteiger partial charge is 0.163 e. The number of carbonyl (C=O) groups is 1. The average Bonchev–Trinajstić information content (AvgIpc) is 2.84. The number of Topliss-reactive ketones (excluding diaryl/α,β-unsaturated/α-hetero) is 1. The molecular weight excluding hydrogens is 412 g/mol. The number of fused-ring (bicyclic) bond motifs is 1. The fraction of sp³-hybridized carbons (Fsp3) is 0.276. The Kier molecular flexibility index (Phi) is 4.95. The zero-order valence-corrected chi connectivity index (χ0v) is 18.7. The summed E-state index contributed by atoms with van der Waals surface area (Å²) in [7, 11) is 0. The molecule has 2 nitrogen and oxygen atoms in total. The minimum Gasteiger partial charge on any atom is -0.512 e. The molecular formula is C29H26O2S. The highest BCUT2D eigenvalue weighted by Gasteiger charge is 2.48. The molecule has 2 bridgehead atoms. The molecule has 160 valence electrons. The van der Waals surface area contributed by atoms with Gasteiger partial charge in [-0.05, 0) is 53.1 Å². The number of benzene rings is 3. The summed E-state index contributed by atoms with van der Waals surface area (Å²) in [6, 6.07) is 28.0. The van der Waals surface area contributed by atoms with Gasteiger partial charge >= 0.3 is 0 Å². The Morgan fingerprint density at radius 3 is 2.00 bits per heavy atom. The second kappa shape index (κ2) is 7.97. The number of thioether (sulfide) groups is 1. The van der Waals surface area contributed by atoms with Gasteiger partial charge in [-0.2, -0.15) is 0 Å². The van der Waals surface area contributed by atoms with Crippen molar-refractivity contribution >= 4 is 17.5 Å². The van der Waals surface area contributed by atoms with Crippen molar-refractivity contribution in [3.63, 3.8) is 0 Å². The minimum absolute atomic E-state index is 0.0561. The molecule has 0 saturated carbocycles. The molecule has 0 saturated heterocycles. The third-order valence-electron chi connectivity index (χ3n) is 7.46. The standard InChI is InChI=1S/C29H26O2S/c30-25-15-8-16-26(31)28(25)29(32-18-9-2-1-3-10-18)24-17-23-19-11-4-6-13-21(19)27(24)22-14-7-5-12-20(22)23/h1-7,9-14,23-24,27,29-30H,8,15-17H2. The fourth-order valence-corrected chi connectivity index (χ4v) is 7.59. The van der Waals surface area contributed by atoms with Crippen LogP contribution in [0.4, 0.5) is 0 Å². The SMILES string of the molecule is O=C1CCCC(O)=C1C(Sc1ccccc1)C1CC2c3ccccc3C1c1ccccc12. The van der Waals surface area contributed by atoms with Crippen LogP contribution in [0.2, 0.25) is 0 Å². The molecule has 3 aromatic rings. The Balaban J connectivity index is 1.51. The summed E-state index contributed by atoms with van der Waals surface area (Å²) in [5.41, 5.74) is 6.34. The molecule has 0 radical (unpaired) electrons. The molecule has 0 amide bonds. The molecule has 2 unspecified atom stereocenters. The summed E-state index contributed by atoms with van der Waals surface area (Å²) < 4.78 is 0. The van der Waals surface area contributed by atoms with Crippen LogP contribution in [0.15, 0.2) is 95.1 Å². The summed E-state index contributed by atoms with van der Waals surface area (Å²) in [6.45, 7) is 0. The van der Waals surface area contributed by atoms with Gasteiger partial charge in [0.15, 0.2) is 5.78 Å². The van der Waals surface area contributed by atoms with Crippen molar-refractivity contribution in [2.24, 2.45) is 5.92 Å². The predicted molar refractivity (Wildman–Crippen MR) is 129 cm³/mol. The first-order valence-corrected chi connectivity index (χ1v) is 12.4. The molecule has 0 fully saturated rings. The predicted octanol–water partition coefficient (Wildman–Crippen LogP) is 7.01. The highest BCUT2D eigenvalue weighted by atomic mass is 32.2. The first-order valence-electron chi connectivity index (χ1n) is 11.6. The van der Waals surface area contributed by atoms with Gasteiger partial charge in [0.05, 0.1) is 0 Å². The van der Waals surface area contributed by atoms with Crippen molar-refractivity contribution in [3.05, 3.63) is 112 Å². The third kappa shape index (κ3) is 3.14. The largest absolute Gasteiger partial charge is 0.512 e. The maximum Gasteiger partial charge on any atom is 0.163 e. The fourth-order valence-electron chi connectivity index (χ4n) is 6.16. The molecule has 2 atom stereocenters. The molecule has 1 N–H and O–H groups in total.